The van der Waals surface area contributed by atoms with E-state index in [0.717, 1.165) is 33.7 Å². The van der Waals surface area contributed by atoms with Gasteiger partial charge in [-0.1, -0.05) is 18.5 Å². The van der Waals surface area contributed by atoms with Crippen molar-refractivity contribution in [1.29, 1.82) is 0 Å². The zero-order valence-corrected chi connectivity index (χ0v) is 12.4. The van der Waals surface area contributed by atoms with Crippen LogP contribution in [-0.2, 0) is 6.42 Å². The minimum Gasteiger partial charge on any atom is -0.455 e. The average molecular weight is 299 g/mol. The molecule has 0 aliphatic heterocycles. The number of anilines is 1. The molecule has 4 heteroatoms. The molecule has 0 radical (unpaired) electrons. The number of hydrogen-bond acceptors (Lipinski definition) is 3. The summed E-state index contributed by atoms with van der Waals surface area (Å²) in [5.41, 5.74) is 8.67. The molecule has 1 heterocycles. The number of nitrogens with two attached hydrogens (primary N) is 1. The number of benzene rings is 2. The van der Waals surface area contributed by atoms with Crippen LogP contribution in [0.1, 0.15) is 12.5 Å². The number of ether oxygens (including phenoxy) is 1. The van der Waals surface area contributed by atoms with Crippen LogP contribution in [0.2, 0.25) is 5.02 Å². The Morgan fingerprint density at radius 3 is 2.86 bits per heavy atom. The van der Waals surface area contributed by atoms with Gasteiger partial charge in [0.25, 0.3) is 0 Å². The number of halogens is 1. The van der Waals surface area contributed by atoms with Gasteiger partial charge in [0.2, 0.25) is 0 Å². The van der Waals surface area contributed by atoms with E-state index in [4.69, 9.17) is 22.1 Å². The molecule has 0 amide bonds. The fourth-order valence-corrected chi connectivity index (χ4v) is 2.51. The molecule has 0 fully saturated rings. The van der Waals surface area contributed by atoms with Gasteiger partial charge >= 0.3 is 0 Å². The summed E-state index contributed by atoms with van der Waals surface area (Å²) in [5.74, 6) is 1.35. The molecule has 0 unspecified atom stereocenters. The summed E-state index contributed by atoms with van der Waals surface area (Å²) in [7, 11) is 0. The molecule has 0 aliphatic carbocycles. The summed E-state index contributed by atoms with van der Waals surface area (Å²) in [6.45, 7) is 2.06. The fourth-order valence-electron chi connectivity index (χ4n) is 2.26. The van der Waals surface area contributed by atoms with E-state index < -0.39 is 0 Å². The van der Waals surface area contributed by atoms with Crippen molar-refractivity contribution in [3.05, 3.63) is 59.2 Å². The van der Waals surface area contributed by atoms with Crippen molar-refractivity contribution in [1.82, 2.24) is 4.98 Å². The molecule has 3 nitrogen and oxygen atoms in total. The summed E-state index contributed by atoms with van der Waals surface area (Å²) in [6, 6.07) is 13.2. The molecule has 1 aromatic heterocycles. The normalized spacial score (nSPS) is 10.8. The van der Waals surface area contributed by atoms with Gasteiger partial charge in [-0.05, 0) is 54.4 Å². The van der Waals surface area contributed by atoms with E-state index >= 15 is 0 Å². The summed E-state index contributed by atoms with van der Waals surface area (Å²) >= 11 is 6.12. The number of rotatable bonds is 3. The topological polar surface area (TPSA) is 48.1 Å². The zero-order chi connectivity index (χ0) is 14.8. The quantitative estimate of drug-likeness (QED) is 0.705. The Morgan fingerprint density at radius 1 is 1.19 bits per heavy atom. The van der Waals surface area contributed by atoms with Crippen molar-refractivity contribution < 1.29 is 4.74 Å². The predicted molar refractivity (Wildman–Crippen MR) is 87.1 cm³/mol. The molecule has 0 aliphatic rings. The monoisotopic (exact) mass is 298 g/mol. The van der Waals surface area contributed by atoms with Crippen LogP contribution in [0.4, 0.5) is 5.69 Å². The van der Waals surface area contributed by atoms with Crippen LogP contribution >= 0.6 is 11.6 Å². The largest absolute Gasteiger partial charge is 0.455 e. The third-order valence-electron chi connectivity index (χ3n) is 3.41. The van der Waals surface area contributed by atoms with E-state index in [2.05, 4.69) is 11.9 Å². The van der Waals surface area contributed by atoms with Crippen molar-refractivity contribution in [2.24, 2.45) is 0 Å². The first kappa shape index (κ1) is 13.7. The van der Waals surface area contributed by atoms with Gasteiger partial charge in [-0.3, -0.25) is 4.98 Å². The standard InChI is InChI=1S/C17H15ClN2O/c1-2-11-10-12(5-6-14(11)18)21-16-8-7-15-13(17(16)19)4-3-9-20-15/h3-10H,2,19H2,1H3. The molecular formula is C17H15ClN2O. The van der Waals surface area contributed by atoms with Gasteiger partial charge in [0.05, 0.1) is 11.2 Å². The molecule has 2 N–H and O–H groups in total. The molecule has 3 rings (SSSR count). The number of hydrogen-bond donors (Lipinski definition) is 1. The Hall–Kier alpha value is -2.26. The number of nitrogens with zero attached hydrogens (tertiary/aromatic N) is 1. The highest BCUT2D eigenvalue weighted by molar-refractivity contribution is 6.31. The van der Waals surface area contributed by atoms with Crippen molar-refractivity contribution in [3.8, 4) is 11.5 Å². The van der Waals surface area contributed by atoms with Gasteiger partial charge in [-0.15, -0.1) is 0 Å². The molecule has 2 aromatic carbocycles. The maximum Gasteiger partial charge on any atom is 0.151 e. The third-order valence-corrected chi connectivity index (χ3v) is 3.78. The zero-order valence-electron chi connectivity index (χ0n) is 11.6. The average Bonchev–Trinajstić information content (AvgIpc) is 2.52. The van der Waals surface area contributed by atoms with Crippen LogP contribution in [0.5, 0.6) is 11.5 Å². The van der Waals surface area contributed by atoms with E-state index in [0.29, 0.717) is 11.4 Å². The van der Waals surface area contributed by atoms with Gasteiger partial charge in [0, 0.05) is 16.6 Å². The summed E-state index contributed by atoms with van der Waals surface area (Å²) in [6.07, 6.45) is 2.60. The second-order valence-corrected chi connectivity index (χ2v) is 5.16. The van der Waals surface area contributed by atoms with E-state index in [9.17, 15) is 0 Å². The third kappa shape index (κ3) is 2.65. The van der Waals surface area contributed by atoms with Gasteiger partial charge in [-0.2, -0.15) is 0 Å². The van der Waals surface area contributed by atoms with E-state index in [1.807, 2.05) is 42.5 Å². The number of fused-ring (bicyclic) bond motifs is 1. The summed E-state index contributed by atoms with van der Waals surface area (Å²) in [4.78, 5) is 4.28. The van der Waals surface area contributed by atoms with E-state index in [1.54, 1.807) is 6.20 Å². The smallest absolute Gasteiger partial charge is 0.151 e. The van der Waals surface area contributed by atoms with Crippen LogP contribution in [0, 0.1) is 0 Å². The predicted octanol–water partition coefficient (Wildman–Crippen LogP) is 4.83. The molecule has 0 saturated carbocycles. The lowest BCUT2D eigenvalue weighted by atomic mass is 10.1. The first-order valence-corrected chi connectivity index (χ1v) is 7.16. The SMILES string of the molecule is CCc1cc(Oc2ccc3ncccc3c2N)ccc1Cl. The lowest BCUT2D eigenvalue weighted by Gasteiger charge is -2.11. The molecule has 21 heavy (non-hydrogen) atoms. The van der Waals surface area contributed by atoms with Gasteiger partial charge in [0.1, 0.15) is 5.75 Å². The van der Waals surface area contributed by atoms with Crippen LogP contribution in [-0.4, -0.2) is 4.98 Å². The molecule has 0 atom stereocenters. The Balaban J connectivity index is 2.00. The highest BCUT2D eigenvalue weighted by Gasteiger charge is 2.08. The Kier molecular flexibility index (Phi) is 3.67. The van der Waals surface area contributed by atoms with Crippen LogP contribution in [0.25, 0.3) is 10.9 Å². The van der Waals surface area contributed by atoms with Crippen LogP contribution in [0.3, 0.4) is 0 Å². The molecule has 0 bridgehead atoms. The number of aryl methyl sites for hydroxylation is 1. The van der Waals surface area contributed by atoms with Crippen LogP contribution < -0.4 is 10.5 Å². The van der Waals surface area contributed by atoms with Crippen molar-refractivity contribution in [2.75, 3.05) is 5.73 Å². The second-order valence-electron chi connectivity index (χ2n) is 4.76. The Bertz CT molecular complexity index is 802. The molecule has 3 aromatic rings. The minimum absolute atomic E-state index is 0.591. The van der Waals surface area contributed by atoms with Gasteiger partial charge in [-0.25, -0.2) is 0 Å². The summed E-state index contributed by atoms with van der Waals surface area (Å²) < 4.78 is 5.90. The Morgan fingerprint density at radius 2 is 2.05 bits per heavy atom. The number of pyridine rings is 1. The Labute approximate surface area is 128 Å². The van der Waals surface area contributed by atoms with Gasteiger partial charge < -0.3 is 10.5 Å². The van der Waals surface area contributed by atoms with E-state index in [1.165, 1.54) is 0 Å². The number of nitrogen functional groups attached to an aromatic ring is 1. The fraction of sp³-hybridized carbons (Fsp3) is 0.118. The van der Waals surface area contributed by atoms with E-state index in [-0.39, 0.29) is 0 Å². The molecular weight excluding hydrogens is 284 g/mol. The highest BCUT2D eigenvalue weighted by atomic mass is 35.5. The molecule has 0 saturated heterocycles. The maximum absolute atomic E-state index is 6.18. The minimum atomic E-state index is 0.591. The van der Waals surface area contributed by atoms with Crippen molar-refractivity contribution in [3.63, 3.8) is 0 Å². The molecule has 106 valence electrons. The second kappa shape index (κ2) is 5.62. The lowest BCUT2D eigenvalue weighted by molar-refractivity contribution is 0.485. The first-order valence-electron chi connectivity index (χ1n) is 6.78. The first-order chi connectivity index (χ1) is 10.2. The molecule has 0 spiro atoms. The van der Waals surface area contributed by atoms with Gasteiger partial charge in [0.15, 0.2) is 5.75 Å². The highest BCUT2D eigenvalue weighted by Crippen LogP contribution is 2.34. The van der Waals surface area contributed by atoms with Crippen LogP contribution in [0.15, 0.2) is 48.7 Å². The van der Waals surface area contributed by atoms with Crippen molar-refractivity contribution >= 4 is 28.2 Å². The number of aromatic nitrogens is 1. The summed E-state index contributed by atoms with van der Waals surface area (Å²) in [5, 5.41) is 1.64. The maximum atomic E-state index is 6.18. The lowest BCUT2D eigenvalue weighted by Crippen LogP contribution is -1.95. The van der Waals surface area contributed by atoms with Crippen molar-refractivity contribution in [2.45, 2.75) is 13.3 Å².